The molecule has 0 bridgehead atoms. The average Bonchev–Trinajstić information content (AvgIpc) is 3.12. The molecule has 1 aliphatic carbocycles. The van der Waals surface area contributed by atoms with Crippen molar-refractivity contribution in [2.24, 2.45) is 5.92 Å². The Hall–Kier alpha value is -2.57. The molecule has 0 atom stereocenters. The fraction of sp³-hybridized carbons (Fsp3) is 0.500. The summed E-state index contributed by atoms with van der Waals surface area (Å²) in [5.74, 6) is -1.54. The molecule has 2 aromatic rings. The molecular formula is C28H33ClN2O4. The minimum Gasteiger partial charge on any atom is -0.416 e. The lowest BCUT2D eigenvalue weighted by Crippen LogP contribution is -2.43. The summed E-state index contributed by atoms with van der Waals surface area (Å²) in [5.41, 5.74) is 4.92. The topological polar surface area (TPSA) is 76.7 Å². The number of esters is 2. The van der Waals surface area contributed by atoms with Crippen molar-refractivity contribution in [3.05, 3.63) is 63.7 Å². The lowest BCUT2D eigenvalue weighted by Gasteiger charge is -2.32. The molecule has 0 amide bonds. The molecule has 2 aliphatic heterocycles. The van der Waals surface area contributed by atoms with Crippen molar-refractivity contribution in [2.45, 2.75) is 70.1 Å². The van der Waals surface area contributed by atoms with Gasteiger partial charge >= 0.3 is 11.9 Å². The van der Waals surface area contributed by atoms with E-state index < -0.39 is 17.7 Å². The predicted octanol–water partition coefficient (Wildman–Crippen LogP) is 5.25. The molecule has 2 fully saturated rings. The SMILES string of the molecule is O=C1CCC(=O)OC2(CNCCc3c2ccc(Cl)c3NCc2ccc(CC3CCCCC3)cc2)O1. The first kappa shape index (κ1) is 24.1. The summed E-state index contributed by atoms with van der Waals surface area (Å²) in [6.07, 6.45) is 8.68. The summed E-state index contributed by atoms with van der Waals surface area (Å²) >= 11 is 6.63. The summed E-state index contributed by atoms with van der Waals surface area (Å²) in [4.78, 5) is 24.6. The van der Waals surface area contributed by atoms with Crippen LogP contribution in [0.5, 0.6) is 0 Å². The minimum absolute atomic E-state index is 0.0192. The Bertz CT molecular complexity index is 1060. The number of ether oxygens (including phenoxy) is 2. The maximum Gasteiger partial charge on any atom is 0.309 e. The van der Waals surface area contributed by atoms with Gasteiger partial charge in [0.2, 0.25) is 0 Å². The van der Waals surface area contributed by atoms with Crippen LogP contribution in [0.25, 0.3) is 0 Å². The molecule has 0 aromatic heterocycles. The predicted molar refractivity (Wildman–Crippen MR) is 135 cm³/mol. The maximum atomic E-state index is 12.3. The van der Waals surface area contributed by atoms with Gasteiger partial charge in [0.1, 0.15) is 0 Å². The number of rotatable bonds is 5. The number of fused-ring (bicyclic) bond motifs is 2. The molecule has 3 aliphatic rings. The Labute approximate surface area is 211 Å². The Morgan fingerprint density at radius 1 is 0.914 bits per heavy atom. The normalized spacial score (nSPS) is 20.4. The summed E-state index contributed by atoms with van der Waals surface area (Å²) in [7, 11) is 0. The second kappa shape index (κ2) is 10.6. The number of halogens is 1. The van der Waals surface area contributed by atoms with Crippen LogP contribution in [0.4, 0.5) is 5.69 Å². The van der Waals surface area contributed by atoms with E-state index in [4.69, 9.17) is 21.1 Å². The number of nitrogens with one attached hydrogen (secondary N) is 2. The summed E-state index contributed by atoms with van der Waals surface area (Å²) in [6, 6.07) is 12.4. The van der Waals surface area contributed by atoms with Crippen LogP contribution in [0.3, 0.4) is 0 Å². The highest BCUT2D eigenvalue weighted by molar-refractivity contribution is 6.33. The van der Waals surface area contributed by atoms with E-state index in [-0.39, 0.29) is 19.4 Å². The second-order valence-corrected chi connectivity index (χ2v) is 10.4. The van der Waals surface area contributed by atoms with Crippen LogP contribution in [0.15, 0.2) is 36.4 Å². The number of hydrogen-bond donors (Lipinski definition) is 2. The molecule has 186 valence electrons. The maximum absolute atomic E-state index is 12.3. The van der Waals surface area contributed by atoms with Gasteiger partial charge in [0.05, 0.1) is 30.1 Å². The van der Waals surface area contributed by atoms with E-state index in [1.165, 1.54) is 43.2 Å². The van der Waals surface area contributed by atoms with E-state index >= 15 is 0 Å². The fourth-order valence-electron chi connectivity index (χ4n) is 5.57. The molecule has 1 spiro atoms. The van der Waals surface area contributed by atoms with E-state index in [0.29, 0.717) is 30.1 Å². The summed E-state index contributed by atoms with van der Waals surface area (Å²) < 4.78 is 11.5. The third-order valence-corrected chi connectivity index (χ3v) is 7.73. The zero-order chi connectivity index (χ0) is 24.3. The minimum atomic E-state index is -1.47. The first-order chi connectivity index (χ1) is 17.0. The fourth-order valence-corrected chi connectivity index (χ4v) is 5.82. The van der Waals surface area contributed by atoms with Crippen LogP contribution >= 0.6 is 11.6 Å². The van der Waals surface area contributed by atoms with Gasteiger partial charge in [-0.2, -0.15) is 0 Å². The lowest BCUT2D eigenvalue weighted by molar-refractivity contribution is -0.225. The molecule has 6 nitrogen and oxygen atoms in total. The van der Waals surface area contributed by atoms with E-state index in [9.17, 15) is 9.59 Å². The summed E-state index contributed by atoms with van der Waals surface area (Å²) in [5, 5.41) is 7.35. The Kier molecular flexibility index (Phi) is 7.30. The smallest absolute Gasteiger partial charge is 0.309 e. The van der Waals surface area contributed by atoms with Gasteiger partial charge in [-0.1, -0.05) is 68.0 Å². The molecule has 1 saturated heterocycles. The highest BCUT2D eigenvalue weighted by Gasteiger charge is 2.46. The van der Waals surface area contributed by atoms with Crippen molar-refractivity contribution in [1.29, 1.82) is 0 Å². The second-order valence-electron chi connectivity index (χ2n) is 9.95. The Balaban J connectivity index is 1.35. The van der Waals surface area contributed by atoms with E-state index in [1.807, 2.05) is 6.07 Å². The number of carbonyl (C=O) groups is 2. The van der Waals surface area contributed by atoms with Gasteiger partial charge in [-0.25, -0.2) is 0 Å². The molecule has 35 heavy (non-hydrogen) atoms. The van der Waals surface area contributed by atoms with Crippen molar-refractivity contribution in [2.75, 3.05) is 18.4 Å². The van der Waals surface area contributed by atoms with Crippen LogP contribution in [0, 0.1) is 5.92 Å². The van der Waals surface area contributed by atoms with Gasteiger partial charge in [-0.3, -0.25) is 9.59 Å². The number of carbonyl (C=O) groups excluding carboxylic acids is 2. The van der Waals surface area contributed by atoms with E-state index in [0.717, 1.165) is 23.6 Å². The molecule has 1 saturated carbocycles. The third-order valence-electron chi connectivity index (χ3n) is 7.41. The molecule has 2 aromatic carbocycles. The van der Waals surface area contributed by atoms with Crippen molar-refractivity contribution < 1.29 is 19.1 Å². The van der Waals surface area contributed by atoms with Gasteiger partial charge in [0.25, 0.3) is 5.79 Å². The molecule has 2 heterocycles. The Morgan fingerprint density at radius 3 is 2.31 bits per heavy atom. The zero-order valence-corrected chi connectivity index (χ0v) is 20.8. The summed E-state index contributed by atoms with van der Waals surface area (Å²) in [6.45, 7) is 1.47. The largest absolute Gasteiger partial charge is 0.416 e. The van der Waals surface area contributed by atoms with Gasteiger partial charge in [0, 0.05) is 12.1 Å². The van der Waals surface area contributed by atoms with E-state index in [2.05, 4.69) is 34.9 Å². The molecule has 2 N–H and O–H groups in total. The molecule has 5 rings (SSSR count). The third kappa shape index (κ3) is 5.49. The lowest BCUT2D eigenvalue weighted by atomic mass is 9.85. The molecule has 0 unspecified atom stereocenters. The quantitative estimate of drug-likeness (QED) is 0.550. The standard InChI is InChI=1S/C28H33ClN2O4/c29-24-11-10-23-22(14-15-30-18-28(23)34-25(32)12-13-26(33)35-28)27(24)31-17-21-8-6-20(7-9-21)16-19-4-2-1-3-5-19/h6-11,19,30-31H,1-5,12-18H2. The van der Waals surface area contributed by atoms with Crippen molar-refractivity contribution >= 4 is 29.2 Å². The van der Waals surface area contributed by atoms with E-state index in [1.54, 1.807) is 6.07 Å². The molecular weight excluding hydrogens is 464 g/mol. The highest BCUT2D eigenvalue weighted by atomic mass is 35.5. The Morgan fingerprint density at radius 2 is 1.60 bits per heavy atom. The first-order valence-electron chi connectivity index (χ1n) is 12.8. The van der Waals surface area contributed by atoms with Crippen LogP contribution in [-0.4, -0.2) is 25.0 Å². The van der Waals surface area contributed by atoms with Crippen LogP contribution in [0.2, 0.25) is 5.02 Å². The number of hydrogen-bond acceptors (Lipinski definition) is 6. The van der Waals surface area contributed by atoms with Gasteiger partial charge in [0.15, 0.2) is 0 Å². The monoisotopic (exact) mass is 496 g/mol. The molecule has 0 radical (unpaired) electrons. The van der Waals surface area contributed by atoms with Crippen LogP contribution in [0.1, 0.15) is 67.2 Å². The average molecular weight is 497 g/mol. The van der Waals surface area contributed by atoms with Crippen molar-refractivity contribution in [1.82, 2.24) is 5.32 Å². The van der Waals surface area contributed by atoms with Gasteiger partial charge in [-0.15, -0.1) is 0 Å². The zero-order valence-electron chi connectivity index (χ0n) is 20.0. The van der Waals surface area contributed by atoms with Gasteiger partial charge < -0.3 is 20.1 Å². The van der Waals surface area contributed by atoms with Crippen LogP contribution < -0.4 is 10.6 Å². The van der Waals surface area contributed by atoms with Crippen LogP contribution in [-0.2, 0) is 44.2 Å². The van der Waals surface area contributed by atoms with Crippen molar-refractivity contribution in [3.63, 3.8) is 0 Å². The highest BCUT2D eigenvalue weighted by Crippen LogP contribution is 2.40. The molecule has 7 heteroatoms. The number of benzene rings is 2. The van der Waals surface area contributed by atoms with Crippen molar-refractivity contribution in [3.8, 4) is 0 Å². The van der Waals surface area contributed by atoms with Gasteiger partial charge in [-0.05, 0) is 54.1 Å². The first-order valence-corrected chi connectivity index (χ1v) is 13.2. The number of anilines is 1.